The molecule has 0 radical (unpaired) electrons. The van der Waals surface area contributed by atoms with E-state index in [1.807, 2.05) is 20.8 Å². The van der Waals surface area contributed by atoms with Gasteiger partial charge in [-0.15, -0.1) is 0 Å². The van der Waals surface area contributed by atoms with Gasteiger partial charge < -0.3 is 0 Å². The van der Waals surface area contributed by atoms with E-state index in [2.05, 4.69) is 0 Å². The fourth-order valence-electron chi connectivity index (χ4n) is 1.43. The van der Waals surface area contributed by atoms with Crippen LogP contribution in [-0.2, 0) is 17.4 Å². The van der Waals surface area contributed by atoms with E-state index in [1.165, 1.54) is 12.1 Å². The summed E-state index contributed by atoms with van der Waals surface area (Å²) >= 11 is 0. The van der Waals surface area contributed by atoms with Crippen LogP contribution in [0.25, 0.3) is 0 Å². The van der Waals surface area contributed by atoms with Crippen LogP contribution in [-0.4, -0.2) is 5.78 Å². The summed E-state index contributed by atoms with van der Waals surface area (Å²) in [5.41, 5.74) is -0.495. The van der Waals surface area contributed by atoms with Crippen molar-refractivity contribution in [3.63, 3.8) is 0 Å². The molecule has 0 saturated carbocycles. The maximum absolute atomic E-state index is 12.4. The number of hydrogen-bond donors (Lipinski definition) is 0. The van der Waals surface area contributed by atoms with Crippen LogP contribution in [0, 0.1) is 5.41 Å². The van der Waals surface area contributed by atoms with Crippen LogP contribution in [0.4, 0.5) is 13.2 Å². The standard InChI is InChI=1S/C14H17F3O/c1-4-13(2,3)12(18)9-10-5-7-11(8-6-10)14(15,16)17/h5-8H,4,9H2,1-3H3. The quantitative estimate of drug-likeness (QED) is 0.789. The molecule has 100 valence electrons. The summed E-state index contributed by atoms with van der Waals surface area (Å²) in [6, 6.07) is 4.77. The second-order valence-electron chi connectivity index (χ2n) is 5.03. The molecule has 0 bridgehead atoms. The van der Waals surface area contributed by atoms with Crippen molar-refractivity contribution >= 4 is 5.78 Å². The predicted octanol–water partition coefficient (Wildman–Crippen LogP) is 4.25. The third-order valence-corrected chi connectivity index (χ3v) is 3.28. The number of alkyl halides is 3. The third kappa shape index (κ3) is 3.59. The van der Waals surface area contributed by atoms with Gasteiger partial charge >= 0.3 is 6.18 Å². The Morgan fingerprint density at radius 1 is 1.11 bits per heavy atom. The molecular formula is C14H17F3O. The minimum absolute atomic E-state index is 0.0461. The molecule has 1 rings (SSSR count). The van der Waals surface area contributed by atoms with Crippen LogP contribution in [0.15, 0.2) is 24.3 Å². The molecule has 0 saturated heterocycles. The molecule has 0 aliphatic heterocycles. The van der Waals surface area contributed by atoms with Crippen molar-refractivity contribution in [2.24, 2.45) is 5.41 Å². The first-order chi connectivity index (χ1) is 8.16. The first-order valence-electron chi connectivity index (χ1n) is 5.86. The molecule has 0 spiro atoms. The van der Waals surface area contributed by atoms with Gasteiger partial charge in [0, 0.05) is 11.8 Å². The van der Waals surface area contributed by atoms with E-state index in [4.69, 9.17) is 0 Å². The topological polar surface area (TPSA) is 17.1 Å². The number of benzene rings is 1. The van der Waals surface area contributed by atoms with E-state index in [9.17, 15) is 18.0 Å². The molecule has 0 unspecified atom stereocenters. The van der Waals surface area contributed by atoms with E-state index in [0.717, 1.165) is 12.1 Å². The van der Waals surface area contributed by atoms with E-state index < -0.39 is 17.2 Å². The maximum atomic E-state index is 12.4. The van der Waals surface area contributed by atoms with Crippen molar-refractivity contribution < 1.29 is 18.0 Å². The molecule has 1 aromatic carbocycles. The largest absolute Gasteiger partial charge is 0.416 e. The molecular weight excluding hydrogens is 241 g/mol. The minimum Gasteiger partial charge on any atom is -0.299 e. The Balaban J connectivity index is 2.79. The molecule has 1 aromatic rings. The number of rotatable bonds is 4. The zero-order chi connectivity index (χ0) is 14.0. The van der Waals surface area contributed by atoms with Gasteiger partial charge in [-0.05, 0) is 24.1 Å². The van der Waals surface area contributed by atoms with Gasteiger partial charge in [-0.1, -0.05) is 32.9 Å². The van der Waals surface area contributed by atoms with Gasteiger partial charge in [0.15, 0.2) is 0 Å². The first kappa shape index (κ1) is 14.7. The summed E-state index contributed by atoms with van der Waals surface area (Å²) in [6.07, 6.45) is -3.43. The molecule has 0 aromatic heterocycles. The van der Waals surface area contributed by atoms with Crippen LogP contribution >= 0.6 is 0 Å². The van der Waals surface area contributed by atoms with E-state index >= 15 is 0 Å². The van der Waals surface area contributed by atoms with E-state index in [-0.39, 0.29) is 12.2 Å². The molecule has 0 N–H and O–H groups in total. The van der Waals surface area contributed by atoms with Gasteiger partial charge in [-0.25, -0.2) is 0 Å². The summed E-state index contributed by atoms with van der Waals surface area (Å²) in [5, 5.41) is 0. The average molecular weight is 258 g/mol. The van der Waals surface area contributed by atoms with Crippen molar-refractivity contribution in [2.45, 2.75) is 39.8 Å². The monoisotopic (exact) mass is 258 g/mol. The van der Waals surface area contributed by atoms with Crippen molar-refractivity contribution in [1.82, 2.24) is 0 Å². The normalized spacial score (nSPS) is 12.6. The van der Waals surface area contributed by atoms with Crippen LogP contribution < -0.4 is 0 Å². The van der Waals surface area contributed by atoms with Crippen LogP contribution in [0.3, 0.4) is 0 Å². The lowest BCUT2D eigenvalue weighted by molar-refractivity contribution is -0.137. The van der Waals surface area contributed by atoms with Crippen LogP contribution in [0.5, 0.6) is 0 Å². The molecule has 4 heteroatoms. The molecule has 0 fully saturated rings. The smallest absolute Gasteiger partial charge is 0.299 e. The number of Topliss-reactive ketones (excluding diaryl/α,β-unsaturated/α-hetero) is 1. The second-order valence-corrected chi connectivity index (χ2v) is 5.03. The molecule has 0 aliphatic carbocycles. The highest BCUT2D eigenvalue weighted by Gasteiger charge is 2.30. The fraction of sp³-hybridized carbons (Fsp3) is 0.500. The molecule has 0 heterocycles. The number of hydrogen-bond acceptors (Lipinski definition) is 1. The third-order valence-electron chi connectivity index (χ3n) is 3.28. The Labute approximate surface area is 105 Å². The summed E-state index contributed by atoms with van der Waals surface area (Å²) < 4.78 is 37.1. The lowest BCUT2D eigenvalue weighted by Gasteiger charge is -2.20. The lowest BCUT2D eigenvalue weighted by Crippen LogP contribution is -2.25. The van der Waals surface area contributed by atoms with Gasteiger partial charge in [-0.3, -0.25) is 4.79 Å². The maximum Gasteiger partial charge on any atom is 0.416 e. The molecule has 0 aliphatic rings. The molecule has 1 nitrogen and oxygen atoms in total. The zero-order valence-corrected chi connectivity index (χ0v) is 10.8. The van der Waals surface area contributed by atoms with Gasteiger partial charge in [0.2, 0.25) is 0 Å². The van der Waals surface area contributed by atoms with Crippen molar-refractivity contribution in [3.8, 4) is 0 Å². The zero-order valence-electron chi connectivity index (χ0n) is 10.8. The first-order valence-corrected chi connectivity index (χ1v) is 5.86. The van der Waals surface area contributed by atoms with Gasteiger partial charge in [0.25, 0.3) is 0 Å². The Morgan fingerprint density at radius 3 is 2.00 bits per heavy atom. The van der Waals surface area contributed by atoms with Crippen molar-refractivity contribution in [1.29, 1.82) is 0 Å². The highest BCUT2D eigenvalue weighted by Crippen LogP contribution is 2.29. The number of halogens is 3. The Kier molecular flexibility index (Phi) is 4.20. The van der Waals surface area contributed by atoms with E-state index in [1.54, 1.807) is 0 Å². The highest BCUT2D eigenvalue weighted by atomic mass is 19.4. The second kappa shape index (κ2) is 5.12. The van der Waals surface area contributed by atoms with Crippen LogP contribution in [0.2, 0.25) is 0 Å². The van der Waals surface area contributed by atoms with Crippen molar-refractivity contribution in [2.75, 3.05) is 0 Å². The molecule has 0 atom stereocenters. The minimum atomic E-state index is -4.33. The molecule has 18 heavy (non-hydrogen) atoms. The SMILES string of the molecule is CCC(C)(C)C(=O)Cc1ccc(C(F)(F)F)cc1. The van der Waals surface area contributed by atoms with Crippen molar-refractivity contribution in [3.05, 3.63) is 35.4 Å². The fourth-order valence-corrected chi connectivity index (χ4v) is 1.43. The van der Waals surface area contributed by atoms with Gasteiger partial charge in [0.1, 0.15) is 5.78 Å². The highest BCUT2D eigenvalue weighted by molar-refractivity contribution is 5.86. The number of carbonyl (C=O) groups excluding carboxylic acids is 1. The lowest BCUT2D eigenvalue weighted by atomic mass is 9.82. The summed E-state index contributed by atoms with van der Waals surface area (Å²) in [6.45, 7) is 5.61. The number of ketones is 1. The van der Waals surface area contributed by atoms with E-state index in [0.29, 0.717) is 12.0 Å². The van der Waals surface area contributed by atoms with Gasteiger partial charge in [-0.2, -0.15) is 13.2 Å². The summed E-state index contributed by atoms with van der Waals surface area (Å²) in [7, 11) is 0. The Hall–Kier alpha value is -1.32. The number of carbonyl (C=O) groups is 1. The Morgan fingerprint density at radius 2 is 1.61 bits per heavy atom. The average Bonchev–Trinajstić information content (AvgIpc) is 2.28. The van der Waals surface area contributed by atoms with Gasteiger partial charge in [0.05, 0.1) is 5.56 Å². The summed E-state index contributed by atoms with van der Waals surface area (Å²) in [5.74, 6) is 0.0461. The Bertz CT molecular complexity index is 416. The summed E-state index contributed by atoms with van der Waals surface area (Å²) in [4.78, 5) is 11.9. The van der Waals surface area contributed by atoms with Crippen LogP contribution in [0.1, 0.15) is 38.3 Å². The molecule has 0 amide bonds. The predicted molar refractivity (Wildman–Crippen MR) is 64.2 cm³/mol.